The van der Waals surface area contributed by atoms with Crippen molar-refractivity contribution in [3.05, 3.63) is 0 Å². The number of carboxylic acid groups (broad SMARTS) is 1. The monoisotopic (exact) mass is 274 g/mol. The Bertz CT molecular complexity index is 209. The van der Waals surface area contributed by atoms with E-state index in [1.54, 1.807) is 13.8 Å². The van der Waals surface area contributed by atoms with Crippen molar-refractivity contribution >= 4 is 29.5 Å². The molecule has 0 aromatic heterocycles. The summed E-state index contributed by atoms with van der Waals surface area (Å²) in [7, 11) is -3.55. The molecular weight excluding hydrogens is 263 g/mol. The molecule has 0 fully saturated rings. The molecule has 0 saturated heterocycles. The van der Waals surface area contributed by atoms with Crippen molar-refractivity contribution < 1.29 is 23.5 Å². The second-order valence-electron chi connectivity index (χ2n) is 2.05. The molecule has 0 amide bonds. The zero-order valence-corrected chi connectivity index (χ0v) is 9.88. The van der Waals surface area contributed by atoms with Gasteiger partial charge in [-0.2, -0.15) is 0 Å². The zero-order valence-electron chi connectivity index (χ0n) is 7.40. The number of carboxylic acids is 1. The Hall–Kier alpha value is 0.100. The van der Waals surface area contributed by atoms with Gasteiger partial charge >= 0.3 is 13.6 Å². The Morgan fingerprint density at radius 2 is 1.85 bits per heavy atom. The molecule has 0 aromatic carbocycles. The van der Waals surface area contributed by atoms with Gasteiger partial charge < -0.3 is 14.2 Å². The highest BCUT2D eigenvalue weighted by Gasteiger charge is 2.39. The van der Waals surface area contributed by atoms with E-state index in [9.17, 15) is 9.36 Å². The Kier molecular flexibility index (Phi) is 5.80. The lowest BCUT2D eigenvalue weighted by molar-refractivity contribution is -0.135. The van der Waals surface area contributed by atoms with Crippen LogP contribution in [0.3, 0.4) is 0 Å². The minimum atomic E-state index is -3.55. The molecule has 5 nitrogen and oxygen atoms in total. The van der Waals surface area contributed by atoms with Gasteiger partial charge in [0.05, 0.1) is 13.2 Å². The van der Waals surface area contributed by atoms with Crippen LogP contribution in [0.25, 0.3) is 0 Å². The van der Waals surface area contributed by atoms with Crippen LogP contribution in [0.5, 0.6) is 0 Å². The number of rotatable bonds is 6. The van der Waals surface area contributed by atoms with Crippen LogP contribution in [0, 0.1) is 0 Å². The van der Waals surface area contributed by atoms with Gasteiger partial charge in [-0.05, 0) is 13.8 Å². The first kappa shape index (κ1) is 13.1. The summed E-state index contributed by atoms with van der Waals surface area (Å²) in [5.74, 6) is -1.26. The molecule has 0 aliphatic carbocycles. The molecule has 1 N–H and O–H groups in total. The van der Waals surface area contributed by atoms with Gasteiger partial charge in [-0.15, -0.1) is 0 Å². The van der Waals surface area contributed by atoms with Crippen LogP contribution in [0.2, 0.25) is 0 Å². The van der Waals surface area contributed by atoms with Crippen molar-refractivity contribution in [2.24, 2.45) is 0 Å². The van der Waals surface area contributed by atoms with Crippen molar-refractivity contribution in [3.8, 4) is 0 Å². The summed E-state index contributed by atoms with van der Waals surface area (Å²) in [4.78, 5) is 10.5. The minimum Gasteiger partial charge on any atom is -0.480 e. The first-order chi connectivity index (χ1) is 5.98. The molecule has 0 bridgehead atoms. The molecule has 13 heavy (non-hydrogen) atoms. The fraction of sp³-hybridized carbons (Fsp3) is 0.833. The first-order valence-corrected chi connectivity index (χ1v) is 6.26. The summed E-state index contributed by atoms with van der Waals surface area (Å²) in [6, 6.07) is 0. The van der Waals surface area contributed by atoms with Crippen LogP contribution >= 0.6 is 23.5 Å². The lowest BCUT2D eigenvalue weighted by atomic mass is 10.8. The fourth-order valence-corrected chi connectivity index (χ4v) is 2.70. The fourth-order valence-electron chi connectivity index (χ4n) is 0.663. The van der Waals surface area contributed by atoms with Crippen molar-refractivity contribution in [1.82, 2.24) is 0 Å². The van der Waals surface area contributed by atoms with E-state index in [0.717, 1.165) is 0 Å². The molecule has 0 spiro atoms. The predicted octanol–water partition coefficient (Wildman–Crippen LogP) is 2.06. The number of hydrogen-bond acceptors (Lipinski definition) is 4. The van der Waals surface area contributed by atoms with Crippen LogP contribution < -0.4 is 0 Å². The zero-order chi connectivity index (χ0) is 10.5. The third-order valence-electron chi connectivity index (χ3n) is 1.10. The molecule has 0 aromatic rings. The minimum absolute atomic E-state index is 0.145. The third-order valence-corrected chi connectivity index (χ3v) is 5.01. The maximum Gasteiger partial charge on any atom is 0.355 e. The van der Waals surface area contributed by atoms with Crippen molar-refractivity contribution in [2.75, 3.05) is 13.2 Å². The molecule has 1 unspecified atom stereocenters. The molecule has 0 aliphatic heterocycles. The number of aliphatic carboxylic acids is 1. The summed E-state index contributed by atoms with van der Waals surface area (Å²) in [6.07, 6.45) is 0. The number of carbonyl (C=O) groups is 1. The molecule has 0 rings (SSSR count). The van der Waals surface area contributed by atoms with E-state index in [-0.39, 0.29) is 13.2 Å². The van der Waals surface area contributed by atoms with E-state index in [1.165, 1.54) is 0 Å². The highest BCUT2D eigenvalue weighted by atomic mass is 79.9. The molecule has 0 radical (unpaired) electrons. The Morgan fingerprint density at radius 3 is 2.08 bits per heavy atom. The highest BCUT2D eigenvalue weighted by molar-refractivity contribution is 9.11. The molecule has 7 heteroatoms. The second-order valence-corrected chi connectivity index (χ2v) is 5.79. The van der Waals surface area contributed by atoms with E-state index < -0.39 is 18.1 Å². The van der Waals surface area contributed by atoms with E-state index in [0.29, 0.717) is 0 Å². The molecule has 78 valence electrons. The van der Waals surface area contributed by atoms with Gasteiger partial charge in [-0.25, -0.2) is 0 Å². The average molecular weight is 275 g/mol. The standard InChI is InChI=1S/C6H12BrO5P/c1-3-11-13(10,12-4-2)5(7)6(8)9/h5H,3-4H2,1-2H3,(H,8,9). The normalized spacial score (nSPS) is 14.1. The highest BCUT2D eigenvalue weighted by Crippen LogP contribution is 2.55. The van der Waals surface area contributed by atoms with E-state index >= 15 is 0 Å². The average Bonchev–Trinajstić information content (AvgIpc) is 2.03. The maximum absolute atomic E-state index is 11.7. The predicted molar refractivity (Wildman–Crippen MR) is 51.2 cm³/mol. The van der Waals surface area contributed by atoms with Gasteiger partial charge in [-0.3, -0.25) is 9.36 Å². The SMILES string of the molecule is CCOP(=O)(OCC)C(Br)C(=O)O. The van der Waals surface area contributed by atoms with Gasteiger partial charge in [0.1, 0.15) is 0 Å². The van der Waals surface area contributed by atoms with Crippen LogP contribution in [0.1, 0.15) is 13.8 Å². The quantitative estimate of drug-likeness (QED) is 0.593. The molecule has 0 heterocycles. The Balaban J connectivity index is 4.57. The number of halogens is 1. The summed E-state index contributed by atoms with van der Waals surface area (Å²) in [5.41, 5.74) is 0. The molecule has 0 aliphatic rings. The summed E-state index contributed by atoms with van der Waals surface area (Å²) >= 11 is 2.75. The van der Waals surface area contributed by atoms with Gasteiger partial charge in [0.15, 0.2) is 0 Å². The third kappa shape index (κ3) is 3.77. The van der Waals surface area contributed by atoms with Crippen LogP contribution in [-0.2, 0) is 18.4 Å². The molecule has 1 atom stereocenters. The van der Waals surface area contributed by atoms with Crippen LogP contribution in [0.4, 0.5) is 0 Å². The molecule has 0 saturated carbocycles. The smallest absolute Gasteiger partial charge is 0.355 e. The Morgan fingerprint density at radius 1 is 1.46 bits per heavy atom. The lowest BCUT2D eigenvalue weighted by Gasteiger charge is -2.18. The van der Waals surface area contributed by atoms with Gasteiger partial charge in [0.2, 0.25) is 4.57 Å². The maximum atomic E-state index is 11.7. The summed E-state index contributed by atoms with van der Waals surface area (Å²) in [5, 5.41) is 8.59. The second kappa shape index (κ2) is 5.75. The van der Waals surface area contributed by atoms with E-state index in [4.69, 9.17) is 14.2 Å². The van der Waals surface area contributed by atoms with Crippen molar-refractivity contribution in [1.29, 1.82) is 0 Å². The van der Waals surface area contributed by atoms with Crippen LogP contribution in [-0.4, -0.2) is 28.9 Å². The topological polar surface area (TPSA) is 72.8 Å². The first-order valence-electron chi connectivity index (χ1n) is 3.73. The van der Waals surface area contributed by atoms with Crippen molar-refractivity contribution in [2.45, 2.75) is 18.4 Å². The molecular formula is C6H12BrO5P. The largest absolute Gasteiger partial charge is 0.480 e. The van der Waals surface area contributed by atoms with E-state index in [2.05, 4.69) is 15.9 Å². The van der Waals surface area contributed by atoms with Crippen molar-refractivity contribution in [3.63, 3.8) is 0 Å². The Labute approximate surface area is 85.1 Å². The van der Waals surface area contributed by atoms with Gasteiger partial charge in [-0.1, -0.05) is 15.9 Å². The van der Waals surface area contributed by atoms with Gasteiger partial charge in [0.25, 0.3) is 0 Å². The van der Waals surface area contributed by atoms with Gasteiger partial charge in [0, 0.05) is 0 Å². The van der Waals surface area contributed by atoms with Crippen LogP contribution in [0.15, 0.2) is 0 Å². The number of alkyl halides is 1. The summed E-state index contributed by atoms with van der Waals surface area (Å²) < 4.78 is 20.0. The lowest BCUT2D eigenvalue weighted by Crippen LogP contribution is -2.16. The van der Waals surface area contributed by atoms with E-state index in [1.807, 2.05) is 0 Å². The number of hydrogen-bond donors (Lipinski definition) is 1. The summed E-state index contributed by atoms with van der Waals surface area (Å²) in [6.45, 7) is 3.53.